The number of benzene rings is 1. The normalized spacial score (nSPS) is 10.7. The molecule has 0 aliphatic heterocycles. The Morgan fingerprint density at radius 3 is 2.62 bits per heavy atom. The van der Waals surface area contributed by atoms with Crippen LogP contribution in [0.15, 0.2) is 36.4 Å². The average Bonchev–Trinajstić information content (AvgIpc) is 2.52. The lowest BCUT2D eigenvalue weighted by molar-refractivity contribution is 0.273. The Bertz CT molecular complexity index is 559. The molecule has 0 atom stereocenters. The Morgan fingerprint density at radius 1 is 1.19 bits per heavy atom. The van der Waals surface area contributed by atoms with E-state index in [0.29, 0.717) is 24.1 Å². The van der Waals surface area contributed by atoms with Crippen LogP contribution in [0, 0.1) is 0 Å². The van der Waals surface area contributed by atoms with E-state index in [9.17, 15) is 0 Å². The van der Waals surface area contributed by atoms with Gasteiger partial charge in [0.2, 0.25) is 5.88 Å². The number of nitrogen functional groups attached to an aromatic ring is 1. The number of rotatable bonds is 7. The van der Waals surface area contributed by atoms with Crippen LogP contribution in [-0.4, -0.2) is 42.1 Å². The van der Waals surface area contributed by atoms with Gasteiger partial charge in [0.15, 0.2) is 5.82 Å². The fourth-order valence-electron chi connectivity index (χ4n) is 1.85. The summed E-state index contributed by atoms with van der Waals surface area (Å²) in [6.07, 6.45) is 0.934. The van der Waals surface area contributed by atoms with Gasteiger partial charge in [-0.15, -0.1) is 0 Å². The molecular weight excluding hydrogens is 266 g/mol. The van der Waals surface area contributed by atoms with E-state index in [4.69, 9.17) is 10.6 Å². The van der Waals surface area contributed by atoms with E-state index in [1.54, 1.807) is 6.07 Å². The molecule has 1 aromatic heterocycles. The van der Waals surface area contributed by atoms with Gasteiger partial charge in [0.25, 0.3) is 0 Å². The molecule has 112 valence electrons. The maximum Gasteiger partial charge on any atom is 0.219 e. The van der Waals surface area contributed by atoms with Gasteiger partial charge in [-0.1, -0.05) is 30.3 Å². The fourth-order valence-corrected chi connectivity index (χ4v) is 1.85. The fraction of sp³-hybridized carbons (Fsp3) is 0.333. The summed E-state index contributed by atoms with van der Waals surface area (Å²) in [4.78, 5) is 10.9. The molecule has 6 heteroatoms. The zero-order valence-corrected chi connectivity index (χ0v) is 12.4. The standard InChI is InChI=1S/C15H21N5O/c1-20(2)9-6-10-21-14-11-13(19-16)17-15(18-14)12-7-4-3-5-8-12/h3-5,7-8,11H,6,9-10,16H2,1-2H3,(H,17,18,19). The van der Waals surface area contributed by atoms with Crippen molar-refractivity contribution in [1.82, 2.24) is 14.9 Å². The molecule has 1 heterocycles. The Hall–Kier alpha value is -2.18. The minimum absolute atomic E-state index is 0.524. The molecule has 2 aromatic rings. The number of nitrogens with zero attached hydrogens (tertiary/aromatic N) is 3. The van der Waals surface area contributed by atoms with Gasteiger partial charge in [-0.2, -0.15) is 4.98 Å². The van der Waals surface area contributed by atoms with Crippen molar-refractivity contribution in [3.63, 3.8) is 0 Å². The van der Waals surface area contributed by atoms with Crippen molar-refractivity contribution in [3.8, 4) is 17.3 Å². The van der Waals surface area contributed by atoms with Crippen LogP contribution in [-0.2, 0) is 0 Å². The number of hydrogen-bond acceptors (Lipinski definition) is 6. The van der Waals surface area contributed by atoms with Gasteiger partial charge in [0, 0.05) is 18.2 Å². The topological polar surface area (TPSA) is 76.3 Å². The summed E-state index contributed by atoms with van der Waals surface area (Å²) < 4.78 is 5.69. The molecule has 0 aliphatic rings. The van der Waals surface area contributed by atoms with Gasteiger partial charge < -0.3 is 15.1 Å². The third-order valence-electron chi connectivity index (χ3n) is 2.88. The molecular formula is C15H21N5O. The second-order valence-corrected chi connectivity index (χ2v) is 4.93. The largest absolute Gasteiger partial charge is 0.477 e. The molecule has 0 saturated carbocycles. The summed E-state index contributed by atoms with van der Waals surface area (Å²) in [5.41, 5.74) is 3.47. The lowest BCUT2D eigenvalue weighted by Gasteiger charge is -2.11. The van der Waals surface area contributed by atoms with E-state index >= 15 is 0 Å². The molecule has 1 aromatic carbocycles. The van der Waals surface area contributed by atoms with Crippen molar-refractivity contribution in [2.45, 2.75) is 6.42 Å². The SMILES string of the molecule is CN(C)CCCOc1cc(NN)nc(-c2ccccc2)n1. The highest BCUT2D eigenvalue weighted by atomic mass is 16.5. The van der Waals surface area contributed by atoms with Gasteiger partial charge in [0.05, 0.1) is 6.61 Å². The number of anilines is 1. The lowest BCUT2D eigenvalue weighted by Crippen LogP contribution is -2.16. The summed E-state index contributed by atoms with van der Waals surface area (Å²) in [6, 6.07) is 11.4. The summed E-state index contributed by atoms with van der Waals surface area (Å²) in [5.74, 6) is 7.11. The van der Waals surface area contributed by atoms with Crippen molar-refractivity contribution in [2.24, 2.45) is 5.84 Å². The number of hydrogen-bond donors (Lipinski definition) is 2. The summed E-state index contributed by atoms with van der Waals surface area (Å²) in [5, 5.41) is 0. The minimum atomic E-state index is 0.524. The highest BCUT2D eigenvalue weighted by molar-refractivity contribution is 5.57. The molecule has 0 saturated heterocycles. The predicted molar refractivity (Wildman–Crippen MR) is 83.9 cm³/mol. The van der Waals surface area contributed by atoms with Gasteiger partial charge in [0.1, 0.15) is 5.82 Å². The first-order chi connectivity index (χ1) is 10.2. The van der Waals surface area contributed by atoms with Crippen LogP contribution >= 0.6 is 0 Å². The van der Waals surface area contributed by atoms with Crippen molar-refractivity contribution >= 4 is 5.82 Å². The molecule has 0 spiro atoms. The van der Waals surface area contributed by atoms with Crippen LogP contribution < -0.4 is 16.0 Å². The summed E-state index contributed by atoms with van der Waals surface area (Å²) >= 11 is 0. The second kappa shape index (κ2) is 7.56. The Balaban J connectivity index is 2.11. The second-order valence-electron chi connectivity index (χ2n) is 4.93. The molecule has 0 unspecified atom stereocenters. The number of ether oxygens (including phenoxy) is 1. The predicted octanol–water partition coefficient (Wildman–Crippen LogP) is 1.76. The van der Waals surface area contributed by atoms with Crippen LogP contribution in [0.25, 0.3) is 11.4 Å². The maximum atomic E-state index is 5.69. The van der Waals surface area contributed by atoms with Gasteiger partial charge in [-0.3, -0.25) is 0 Å². The molecule has 6 nitrogen and oxygen atoms in total. The highest BCUT2D eigenvalue weighted by Crippen LogP contribution is 2.20. The van der Waals surface area contributed by atoms with E-state index in [1.165, 1.54) is 0 Å². The Kier molecular flexibility index (Phi) is 5.48. The Labute approximate surface area is 124 Å². The van der Waals surface area contributed by atoms with Crippen LogP contribution in [0.4, 0.5) is 5.82 Å². The van der Waals surface area contributed by atoms with E-state index in [0.717, 1.165) is 18.5 Å². The van der Waals surface area contributed by atoms with Crippen LogP contribution in [0.1, 0.15) is 6.42 Å². The van der Waals surface area contributed by atoms with Crippen molar-refractivity contribution < 1.29 is 4.74 Å². The molecule has 0 aliphatic carbocycles. The van der Waals surface area contributed by atoms with Crippen molar-refractivity contribution in [2.75, 3.05) is 32.7 Å². The minimum Gasteiger partial charge on any atom is -0.477 e. The molecule has 0 bridgehead atoms. The quantitative estimate of drug-likeness (QED) is 0.459. The van der Waals surface area contributed by atoms with Gasteiger partial charge >= 0.3 is 0 Å². The van der Waals surface area contributed by atoms with E-state index < -0.39 is 0 Å². The average molecular weight is 287 g/mol. The van der Waals surface area contributed by atoms with Crippen molar-refractivity contribution in [3.05, 3.63) is 36.4 Å². The van der Waals surface area contributed by atoms with E-state index in [1.807, 2.05) is 44.4 Å². The zero-order chi connectivity index (χ0) is 15.1. The number of aromatic nitrogens is 2. The monoisotopic (exact) mass is 287 g/mol. The highest BCUT2D eigenvalue weighted by Gasteiger charge is 2.07. The molecule has 2 rings (SSSR count). The van der Waals surface area contributed by atoms with Gasteiger partial charge in [-0.25, -0.2) is 10.8 Å². The van der Waals surface area contributed by atoms with Crippen LogP contribution in [0.5, 0.6) is 5.88 Å². The van der Waals surface area contributed by atoms with Crippen molar-refractivity contribution in [1.29, 1.82) is 0 Å². The number of nitrogens with one attached hydrogen (secondary N) is 1. The summed E-state index contributed by atoms with van der Waals surface area (Å²) in [6.45, 7) is 1.58. The third-order valence-corrected chi connectivity index (χ3v) is 2.88. The van der Waals surface area contributed by atoms with Crippen LogP contribution in [0.2, 0.25) is 0 Å². The Morgan fingerprint density at radius 2 is 1.95 bits per heavy atom. The summed E-state index contributed by atoms with van der Waals surface area (Å²) in [7, 11) is 4.07. The lowest BCUT2D eigenvalue weighted by atomic mass is 10.2. The molecule has 0 radical (unpaired) electrons. The third kappa shape index (κ3) is 4.70. The first-order valence-corrected chi connectivity index (χ1v) is 6.87. The number of hydrazine groups is 1. The van der Waals surface area contributed by atoms with E-state index in [-0.39, 0.29) is 0 Å². The number of nitrogens with two attached hydrogens (primary N) is 1. The van der Waals surface area contributed by atoms with E-state index in [2.05, 4.69) is 20.3 Å². The van der Waals surface area contributed by atoms with Gasteiger partial charge in [-0.05, 0) is 20.5 Å². The molecule has 0 fully saturated rings. The van der Waals surface area contributed by atoms with Crippen LogP contribution in [0.3, 0.4) is 0 Å². The first kappa shape index (κ1) is 15.2. The first-order valence-electron chi connectivity index (χ1n) is 6.87. The molecule has 0 amide bonds. The smallest absolute Gasteiger partial charge is 0.219 e. The molecule has 3 N–H and O–H groups in total. The zero-order valence-electron chi connectivity index (χ0n) is 12.4. The molecule has 21 heavy (non-hydrogen) atoms. The maximum absolute atomic E-state index is 5.69.